The number of carbonyl (C=O) groups is 1. The van der Waals surface area contributed by atoms with E-state index >= 15 is 0 Å². The molecule has 0 atom stereocenters. The number of aliphatic hydroxyl groups is 1. The minimum atomic E-state index is -0.612. The monoisotopic (exact) mass is 252 g/mol. The van der Waals surface area contributed by atoms with Crippen LogP contribution in [0.5, 0.6) is 0 Å². The van der Waals surface area contributed by atoms with Crippen molar-refractivity contribution >= 4 is 22.4 Å². The summed E-state index contributed by atoms with van der Waals surface area (Å²) in [6, 6.07) is 14.8. The molecular weight excluding hydrogens is 240 g/mol. The van der Waals surface area contributed by atoms with E-state index in [1.54, 1.807) is 12.1 Å². The highest BCUT2D eigenvalue weighted by Gasteiger charge is 2.13. The topological polar surface area (TPSA) is 73.1 Å². The van der Waals surface area contributed by atoms with Gasteiger partial charge in [-0.15, -0.1) is 0 Å². The lowest BCUT2D eigenvalue weighted by molar-refractivity contribution is -0.112. The first-order valence-corrected chi connectivity index (χ1v) is 5.72. The highest BCUT2D eigenvalue weighted by Crippen LogP contribution is 2.23. The molecule has 1 amide bonds. The highest BCUT2D eigenvalue weighted by molar-refractivity contribution is 6.10. The van der Waals surface area contributed by atoms with Crippen molar-refractivity contribution in [1.82, 2.24) is 0 Å². The second kappa shape index (κ2) is 5.23. The number of benzene rings is 2. The number of nitrogens with zero attached hydrogens (tertiary/aromatic N) is 1. The van der Waals surface area contributed by atoms with Gasteiger partial charge in [0.05, 0.1) is 0 Å². The van der Waals surface area contributed by atoms with Gasteiger partial charge in [0, 0.05) is 11.1 Å². The summed E-state index contributed by atoms with van der Waals surface area (Å²) in [5.74, 6) is -0.904. The average molecular weight is 252 g/mol. The molecule has 0 aliphatic heterocycles. The van der Waals surface area contributed by atoms with Crippen molar-refractivity contribution in [2.45, 2.75) is 6.92 Å². The van der Waals surface area contributed by atoms with Gasteiger partial charge in [0.15, 0.2) is 5.57 Å². The zero-order valence-corrected chi connectivity index (χ0v) is 10.3. The predicted molar refractivity (Wildman–Crippen MR) is 73.5 cm³/mol. The van der Waals surface area contributed by atoms with Gasteiger partial charge >= 0.3 is 0 Å². The number of fused-ring (bicyclic) bond motifs is 1. The molecule has 0 unspecified atom stereocenters. The quantitative estimate of drug-likeness (QED) is 0.490. The zero-order valence-electron chi connectivity index (χ0n) is 10.3. The number of aliphatic hydroxyl groups excluding tert-OH is 1. The molecule has 0 heterocycles. The third kappa shape index (κ3) is 2.55. The fourth-order valence-electron chi connectivity index (χ4n) is 1.82. The molecule has 2 N–H and O–H groups in total. The Balaban J connectivity index is 2.41. The molecule has 4 nitrogen and oxygen atoms in total. The smallest absolute Gasteiger partial charge is 0.269 e. The number of anilines is 1. The van der Waals surface area contributed by atoms with Crippen molar-refractivity contribution in [2.75, 3.05) is 5.32 Å². The molecule has 0 aromatic heterocycles. The molecule has 2 rings (SSSR count). The lowest BCUT2D eigenvalue weighted by Gasteiger charge is -2.08. The Hall–Kier alpha value is -2.80. The minimum absolute atomic E-state index is 0.284. The zero-order chi connectivity index (χ0) is 13.8. The number of amides is 1. The van der Waals surface area contributed by atoms with Gasteiger partial charge in [-0.1, -0.05) is 36.4 Å². The maximum atomic E-state index is 11.9. The van der Waals surface area contributed by atoms with Gasteiger partial charge in [-0.3, -0.25) is 4.79 Å². The molecule has 0 fully saturated rings. The van der Waals surface area contributed by atoms with E-state index in [2.05, 4.69) is 5.32 Å². The minimum Gasteiger partial charge on any atom is -0.511 e. The summed E-state index contributed by atoms with van der Waals surface area (Å²) in [7, 11) is 0. The lowest BCUT2D eigenvalue weighted by atomic mass is 10.1. The fraction of sp³-hybridized carbons (Fsp3) is 0.0667. The Labute approximate surface area is 110 Å². The number of hydrogen-bond donors (Lipinski definition) is 2. The summed E-state index contributed by atoms with van der Waals surface area (Å²) in [5, 5.41) is 22.6. The van der Waals surface area contributed by atoms with Crippen LogP contribution in [0.1, 0.15) is 6.92 Å². The van der Waals surface area contributed by atoms with Crippen LogP contribution < -0.4 is 5.32 Å². The van der Waals surface area contributed by atoms with Gasteiger partial charge in [-0.2, -0.15) is 5.26 Å². The molecule has 2 aromatic rings. The van der Waals surface area contributed by atoms with Crippen LogP contribution >= 0.6 is 0 Å². The summed E-state index contributed by atoms with van der Waals surface area (Å²) in [6.07, 6.45) is 0. The number of hydrogen-bond acceptors (Lipinski definition) is 3. The van der Waals surface area contributed by atoms with Crippen LogP contribution in [-0.2, 0) is 4.79 Å². The first kappa shape index (κ1) is 12.7. The average Bonchev–Trinajstić information content (AvgIpc) is 2.39. The van der Waals surface area contributed by atoms with Crippen molar-refractivity contribution < 1.29 is 9.90 Å². The molecule has 2 aromatic carbocycles. The number of carbonyl (C=O) groups excluding carboxylic acids is 1. The van der Waals surface area contributed by atoms with Crippen molar-refractivity contribution in [1.29, 1.82) is 5.26 Å². The molecule has 0 saturated carbocycles. The molecule has 0 saturated heterocycles. The van der Waals surface area contributed by atoms with E-state index in [4.69, 9.17) is 5.26 Å². The first-order valence-electron chi connectivity index (χ1n) is 5.72. The van der Waals surface area contributed by atoms with Gasteiger partial charge < -0.3 is 10.4 Å². The van der Waals surface area contributed by atoms with Crippen LogP contribution in [0.2, 0.25) is 0 Å². The summed E-state index contributed by atoms with van der Waals surface area (Å²) in [6.45, 7) is 1.31. The summed E-state index contributed by atoms with van der Waals surface area (Å²) in [5.41, 5.74) is 0.324. The van der Waals surface area contributed by atoms with E-state index in [-0.39, 0.29) is 11.3 Å². The SMILES string of the molecule is CC(O)=C(C#N)C(=O)Nc1cccc2ccccc12. The Kier molecular flexibility index (Phi) is 3.48. The van der Waals surface area contributed by atoms with Gasteiger partial charge in [0.1, 0.15) is 11.8 Å². The van der Waals surface area contributed by atoms with Crippen molar-refractivity contribution in [3.63, 3.8) is 0 Å². The molecule has 0 aliphatic carbocycles. The Morgan fingerprint density at radius 1 is 1.21 bits per heavy atom. The van der Waals surface area contributed by atoms with Crippen LogP contribution in [0.15, 0.2) is 53.8 Å². The largest absolute Gasteiger partial charge is 0.511 e. The van der Waals surface area contributed by atoms with Crippen LogP contribution in [-0.4, -0.2) is 11.0 Å². The Morgan fingerprint density at radius 3 is 2.58 bits per heavy atom. The van der Waals surface area contributed by atoms with Crippen molar-refractivity contribution in [2.24, 2.45) is 0 Å². The van der Waals surface area contributed by atoms with E-state index < -0.39 is 5.91 Å². The Morgan fingerprint density at radius 2 is 1.89 bits per heavy atom. The maximum absolute atomic E-state index is 11.9. The van der Waals surface area contributed by atoms with Gasteiger partial charge in [0.2, 0.25) is 0 Å². The predicted octanol–water partition coefficient (Wildman–Crippen LogP) is 3.13. The number of nitrogens with one attached hydrogen (secondary N) is 1. The van der Waals surface area contributed by atoms with Gasteiger partial charge in [-0.25, -0.2) is 0 Å². The number of rotatable bonds is 2. The van der Waals surface area contributed by atoms with E-state index in [0.29, 0.717) is 5.69 Å². The Bertz CT molecular complexity index is 702. The molecule has 19 heavy (non-hydrogen) atoms. The molecular formula is C15H12N2O2. The standard InChI is InChI=1S/C15H12N2O2/c1-10(18)13(9-16)15(19)17-14-8-4-6-11-5-2-3-7-12(11)14/h2-8,18H,1H3,(H,17,19). The summed E-state index contributed by atoms with van der Waals surface area (Å²) >= 11 is 0. The maximum Gasteiger partial charge on any atom is 0.269 e. The molecule has 0 bridgehead atoms. The van der Waals surface area contributed by atoms with Crippen molar-refractivity contribution in [3.05, 3.63) is 53.8 Å². The van der Waals surface area contributed by atoms with Crippen LogP contribution in [0.3, 0.4) is 0 Å². The first-order chi connectivity index (χ1) is 9.13. The van der Waals surface area contributed by atoms with E-state index in [1.807, 2.05) is 36.4 Å². The molecule has 0 radical (unpaired) electrons. The van der Waals surface area contributed by atoms with E-state index in [9.17, 15) is 9.90 Å². The summed E-state index contributed by atoms with van der Waals surface area (Å²) < 4.78 is 0. The normalized spacial score (nSPS) is 11.6. The van der Waals surface area contributed by atoms with Crippen LogP contribution in [0.25, 0.3) is 10.8 Å². The van der Waals surface area contributed by atoms with Gasteiger partial charge in [0.25, 0.3) is 5.91 Å². The number of allylic oxidation sites excluding steroid dienone is 1. The third-order valence-corrected chi connectivity index (χ3v) is 2.74. The fourth-order valence-corrected chi connectivity index (χ4v) is 1.82. The number of nitriles is 1. The van der Waals surface area contributed by atoms with Crippen molar-refractivity contribution in [3.8, 4) is 6.07 Å². The van der Waals surface area contributed by atoms with E-state index in [0.717, 1.165) is 10.8 Å². The third-order valence-electron chi connectivity index (χ3n) is 2.74. The highest BCUT2D eigenvalue weighted by atomic mass is 16.3. The molecule has 0 spiro atoms. The summed E-state index contributed by atoms with van der Waals surface area (Å²) in [4.78, 5) is 11.9. The van der Waals surface area contributed by atoms with E-state index in [1.165, 1.54) is 6.92 Å². The lowest BCUT2D eigenvalue weighted by Crippen LogP contribution is -2.15. The van der Waals surface area contributed by atoms with Crippen LogP contribution in [0.4, 0.5) is 5.69 Å². The second-order valence-electron chi connectivity index (χ2n) is 4.05. The molecule has 0 aliphatic rings. The molecule has 4 heteroatoms. The second-order valence-corrected chi connectivity index (χ2v) is 4.05. The molecule has 94 valence electrons. The van der Waals surface area contributed by atoms with Gasteiger partial charge in [-0.05, 0) is 18.4 Å². The van der Waals surface area contributed by atoms with Crippen LogP contribution in [0, 0.1) is 11.3 Å².